The highest BCUT2D eigenvalue weighted by molar-refractivity contribution is 4.95. The topological polar surface area (TPSA) is 9.23 Å². The van der Waals surface area contributed by atoms with Gasteiger partial charge in [-0.25, -0.2) is 0 Å². The summed E-state index contributed by atoms with van der Waals surface area (Å²) in [6.45, 7) is 7.88. The Bertz CT molecular complexity index is 187. The zero-order chi connectivity index (χ0) is 9.53. The van der Waals surface area contributed by atoms with Crippen LogP contribution in [0.4, 0.5) is 0 Å². The van der Waals surface area contributed by atoms with E-state index < -0.39 is 0 Å². The summed E-state index contributed by atoms with van der Waals surface area (Å²) >= 11 is 0. The van der Waals surface area contributed by atoms with E-state index in [9.17, 15) is 0 Å². The highest BCUT2D eigenvalue weighted by atomic mass is 16.5. The van der Waals surface area contributed by atoms with Crippen LogP contribution in [-0.4, -0.2) is 12.2 Å². The second-order valence-corrected chi connectivity index (χ2v) is 5.91. The van der Waals surface area contributed by atoms with E-state index in [1.54, 1.807) is 0 Å². The molecule has 1 saturated carbocycles. The van der Waals surface area contributed by atoms with Gasteiger partial charge in [0.15, 0.2) is 0 Å². The van der Waals surface area contributed by atoms with Crippen molar-refractivity contribution in [2.45, 2.75) is 58.5 Å². The molecule has 0 atom stereocenters. The lowest BCUT2D eigenvalue weighted by Gasteiger charge is -2.35. The van der Waals surface area contributed by atoms with Crippen LogP contribution in [0, 0.1) is 11.3 Å². The maximum absolute atomic E-state index is 5.87. The van der Waals surface area contributed by atoms with Gasteiger partial charge < -0.3 is 4.74 Å². The Morgan fingerprint density at radius 3 is 2.23 bits per heavy atom. The van der Waals surface area contributed by atoms with Crippen LogP contribution in [0.15, 0.2) is 0 Å². The smallest absolute Gasteiger partial charge is 0.0632 e. The molecule has 1 nitrogen and oxygen atoms in total. The molecule has 1 heteroatoms. The van der Waals surface area contributed by atoms with Gasteiger partial charge in [-0.15, -0.1) is 0 Å². The Hall–Kier alpha value is -0.0400. The molecule has 0 aromatic carbocycles. The third kappa shape index (κ3) is 1.90. The number of rotatable bonds is 0. The van der Waals surface area contributed by atoms with E-state index >= 15 is 0 Å². The van der Waals surface area contributed by atoms with Gasteiger partial charge >= 0.3 is 0 Å². The van der Waals surface area contributed by atoms with Gasteiger partial charge in [0, 0.05) is 0 Å². The normalized spacial score (nSPS) is 44.1. The lowest BCUT2D eigenvalue weighted by Crippen LogP contribution is -2.28. The molecule has 76 valence electrons. The third-order valence-corrected chi connectivity index (χ3v) is 3.90. The van der Waals surface area contributed by atoms with E-state index in [-0.39, 0.29) is 5.60 Å². The molecular formula is C12H22O. The first-order chi connectivity index (χ1) is 6.02. The maximum atomic E-state index is 5.87. The van der Waals surface area contributed by atoms with E-state index in [0.717, 1.165) is 12.5 Å². The predicted molar refractivity (Wildman–Crippen MR) is 54.7 cm³/mol. The molecule has 1 spiro atoms. The summed E-state index contributed by atoms with van der Waals surface area (Å²) in [6, 6.07) is 0. The van der Waals surface area contributed by atoms with E-state index in [2.05, 4.69) is 20.8 Å². The first-order valence-electron chi connectivity index (χ1n) is 5.65. The highest BCUT2D eigenvalue weighted by Gasteiger charge is 2.45. The minimum absolute atomic E-state index is 0.153. The van der Waals surface area contributed by atoms with Gasteiger partial charge in [-0.05, 0) is 44.4 Å². The van der Waals surface area contributed by atoms with Crippen LogP contribution in [-0.2, 0) is 4.74 Å². The summed E-state index contributed by atoms with van der Waals surface area (Å²) in [5.41, 5.74) is 0.719. The van der Waals surface area contributed by atoms with E-state index in [1.807, 2.05) is 0 Å². The average molecular weight is 182 g/mol. The van der Waals surface area contributed by atoms with Crippen molar-refractivity contribution in [1.82, 2.24) is 0 Å². The van der Waals surface area contributed by atoms with Crippen LogP contribution in [0.5, 0.6) is 0 Å². The molecule has 0 aromatic rings. The summed E-state index contributed by atoms with van der Waals surface area (Å²) in [5, 5.41) is 0. The second kappa shape index (κ2) is 2.98. The molecule has 2 rings (SSSR count). The standard InChI is InChI=1S/C12H22O/c1-10-4-6-12(7-5-10)8-11(2,3)13-9-12/h10H,4-9H2,1-3H3. The van der Waals surface area contributed by atoms with Crippen molar-refractivity contribution in [3.8, 4) is 0 Å². The second-order valence-electron chi connectivity index (χ2n) is 5.91. The van der Waals surface area contributed by atoms with Crippen molar-refractivity contribution in [3.05, 3.63) is 0 Å². The molecule has 1 aliphatic heterocycles. The molecule has 0 aromatic heterocycles. The van der Waals surface area contributed by atoms with E-state index in [0.29, 0.717) is 5.41 Å². The number of ether oxygens (including phenoxy) is 1. The van der Waals surface area contributed by atoms with Crippen LogP contribution in [0.2, 0.25) is 0 Å². The van der Waals surface area contributed by atoms with Crippen molar-refractivity contribution >= 4 is 0 Å². The quantitative estimate of drug-likeness (QED) is 0.558. The highest BCUT2D eigenvalue weighted by Crippen LogP contribution is 2.49. The van der Waals surface area contributed by atoms with Crippen LogP contribution in [0.1, 0.15) is 52.9 Å². The van der Waals surface area contributed by atoms with Gasteiger partial charge in [0.2, 0.25) is 0 Å². The fourth-order valence-corrected chi connectivity index (χ4v) is 3.05. The van der Waals surface area contributed by atoms with Gasteiger partial charge in [-0.2, -0.15) is 0 Å². The first-order valence-corrected chi connectivity index (χ1v) is 5.65. The summed E-state index contributed by atoms with van der Waals surface area (Å²) < 4.78 is 5.87. The molecule has 1 aliphatic carbocycles. The summed E-state index contributed by atoms with van der Waals surface area (Å²) in [6.07, 6.45) is 6.92. The SMILES string of the molecule is CC1CCC2(CC1)COC(C)(C)C2. The molecule has 0 unspecified atom stereocenters. The van der Waals surface area contributed by atoms with Gasteiger partial charge in [-0.1, -0.05) is 19.8 Å². The average Bonchev–Trinajstić information content (AvgIpc) is 2.35. The Kier molecular flexibility index (Phi) is 2.18. The van der Waals surface area contributed by atoms with Crippen LogP contribution >= 0.6 is 0 Å². The van der Waals surface area contributed by atoms with Gasteiger partial charge in [0.05, 0.1) is 12.2 Å². The third-order valence-electron chi connectivity index (χ3n) is 3.90. The van der Waals surface area contributed by atoms with Crippen molar-refractivity contribution in [2.75, 3.05) is 6.61 Å². The Morgan fingerprint density at radius 2 is 1.77 bits per heavy atom. The Morgan fingerprint density at radius 1 is 1.15 bits per heavy atom. The van der Waals surface area contributed by atoms with Crippen molar-refractivity contribution in [3.63, 3.8) is 0 Å². The van der Waals surface area contributed by atoms with Crippen molar-refractivity contribution in [1.29, 1.82) is 0 Å². The zero-order valence-corrected chi connectivity index (χ0v) is 9.23. The number of hydrogen-bond donors (Lipinski definition) is 0. The van der Waals surface area contributed by atoms with Crippen LogP contribution < -0.4 is 0 Å². The van der Waals surface area contributed by atoms with E-state index in [1.165, 1.54) is 32.1 Å². The minimum atomic E-state index is 0.153. The Labute approximate surface area is 81.9 Å². The van der Waals surface area contributed by atoms with Crippen molar-refractivity contribution in [2.24, 2.45) is 11.3 Å². The molecule has 1 heterocycles. The maximum Gasteiger partial charge on any atom is 0.0632 e. The summed E-state index contributed by atoms with van der Waals surface area (Å²) in [4.78, 5) is 0. The van der Waals surface area contributed by atoms with Gasteiger partial charge in [0.25, 0.3) is 0 Å². The van der Waals surface area contributed by atoms with E-state index in [4.69, 9.17) is 4.74 Å². The first kappa shape index (κ1) is 9.51. The van der Waals surface area contributed by atoms with Crippen LogP contribution in [0.25, 0.3) is 0 Å². The summed E-state index contributed by atoms with van der Waals surface area (Å²) in [5.74, 6) is 0.953. The van der Waals surface area contributed by atoms with Crippen LogP contribution in [0.3, 0.4) is 0 Å². The fraction of sp³-hybridized carbons (Fsp3) is 1.00. The lowest BCUT2D eigenvalue weighted by atomic mass is 9.68. The molecule has 1 saturated heterocycles. The van der Waals surface area contributed by atoms with Gasteiger partial charge in [0.1, 0.15) is 0 Å². The molecule has 2 aliphatic rings. The van der Waals surface area contributed by atoms with Gasteiger partial charge in [-0.3, -0.25) is 0 Å². The molecule has 0 bridgehead atoms. The van der Waals surface area contributed by atoms with Crippen molar-refractivity contribution < 1.29 is 4.74 Å². The molecular weight excluding hydrogens is 160 g/mol. The fourth-order valence-electron chi connectivity index (χ4n) is 3.05. The Balaban J connectivity index is 2.00. The lowest BCUT2D eigenvalue weighted by molar-refractivity contribution is 0.0273. The largest absolute Gasteiger partial charge is 0.375 e. The summed E-state index contributed by atoms with van der Waals surface area (Å²) in [7, 11) is 0. The molecule has 13 heavy (non-hydrogen) atoms. The minimum Gasteiger partial charge on any atom is -0.375 e. The zero-order valence-electron chi connectivity index (χ0n) is 9.23. The molecule has 0 amide bonds. The number of hydrogen-bond acceptors (Lipinski definition) is 1. The molecule has 2 fully saturated rings. The molecule has 0 N–H and O–H groups in total. The molecule has 0 radical (unpaired) electrons. The monoisotopic (exact) mass is 182 g/mol. The predicted octanol–water partition coefficient (Wildman–Crippen LogP) is 3.38.